The van der Waals surface area contributed by atoms with Gasteiger partial charge in [-0.2, -0.15) is 0 Å². The van der Waals surface area contributed by atoms with Crippen molar-refractivity contribution in [2.75, 3.05) is 11.2 Å². The Balaban J connectivity index is 1.86. The lowest BCUT2D eigenvalue weighted by Gasteiger charge is -2.38. The van der Waals surface area contributed by atoms with Crippen LogP contribution in [0.2, 0.25) is 0 Å². The van der Waals surface area contributed by atoms with Crippen LogP contribution in [0.3, 0.4) is 0 Å². The van der Waals surface area contributed by atoms with Crippen LogP contribution in [0.4, 0.5) is 11.4 Å². The zero-order valence-corrected chi connectivity index (χ0v) is 17.7. The first kappa shape index (κ1) is 20.3. The van der Waals surface area contributed by atoms with Gasteiger partial charge in [-0.15, -0.1) is 11.8 Å². The zero-order valence-electron chi connectivity index (χ0n) is 16.9. The number of anilines is 1. The van der Waals surface area contributed by atoms with Gasteiger partial charge in [-0.05, 0) is 49.3 Å². The van der Waals surface area contributed by atoms with Gasteiger partial charge in [0, 0.05) is 47.1 Å². The van der Waals surface area contributed by atoms with E-state index in [0.29, 0.717) is 36.2 Å². The fourth-order valence-electron chi connectivity index (χ4n) is 4.35. The van der Waals surface area contributed by atoms with Crippen LogP contribution in [0.15, 0.2) is 58.6 Å². The van der Waals surface area contributed by atoms with Crippen LogP contribution in [-0.2, 0) is 9.59 Å². The van der Waals surface area contributed by atoms with Gasteiger partial charge in [0.25, 0.3) is 5.69 Å². The number of carbonyl (C=O) groups excluding carboxylic acids is 2. The third kappa shape index (κ3) is 3.54. The summed E-state index contributed by atoms with van der Waals surface area (Å²) in [5, 5.41) is 11.3. The van der Waals surface area contributed by atoms with Gasteiger partial charge in [0.05, 0.1) is 10.6 Å². The SMILES string of the molecule is CSc1ccc(C2CC(=O)N(c3cc([N+](=O)[O-])ccc3C)C3=C2C(=O)CCC3)cc1. The number of Topliss-reactive ketones (excluding diaryl/α,β-unsaturated/α-hetero) is 1. The highest BCUT2D eigenvalue weighted by Crippen LogP contribution is 2.44. The number of rotatable bonds is 4. The van der Waals surface area contributed by atoms with Gasteiger partial charge in [-0.3, -0.25) is 24.6 Å². The Morgan fingerprint density at radius 3 is 2.50 bits per heavy atom. The van der Waals surface area contributed by atoms with Crippen molar-refractivity contribution in [2.45, 2.75) is 43.4 Å². The first-order chi connectivity index (χ1) is 14.4. The monoisotopic (exact) mass is 422 g/mol. The molecule has 0 fully saturated rings. The van der Waals surface area contributed by atoms with Crippen molar-refractivity contribution in [1.82, 2.24) is 0 Å². The number of nitro groups is 1. The Hall–Kier alpha value is -2.93. The van der Waals surface area contributed by atoms with Gasteiger partial charge < -0.3 is 0 Å². The van der Waals surface area contributed by atoms with Crippen molar-refractivity contribution in [1.29, 1.82) is 0 Å². The average molecular weight is 423 g/mol. The third-order valence-electron chi connectivity index (χ3n) is 5.84. The number of ketones is 1. The minimum atomic E-state index is -0.464. The molecule has 1 aliphatic carbocycles. The minimum absolute atomic E-state index is 0.0655. The molecule has 0 saturated carbocycles. The van der Waals surface area contributed by atoms with Gasteiger partial charge in [0.15, 0.2) is 5.78 Å². The van der Waals surface area contributed by atoms with Crippen LogP contribution in [0, 0.1) is 17.0 Å². The molecular formula is C23H22N2O4S. The molecule has 1 atom stereocenters. The molecule has 2 aliphatic rings. The summed E-state index contributed by atoms with van der Waals surface area (Å²) >= 11 is 1.64. The summed E-state index contributed by atoms with van der Waals surface area (Å²) in [4.78, 5) is 39.8. The van der Waals surface area contributed by atoms with Crippen LogP contribution in [0.25, 0.3) is 0 Å². The van der Waals surface area contributed by atoms with Crippen molar-refractivity contribution in [3.05, 3.63) is 75.0 Å². The predicted octanol–water partition coefficient (Wildman–Crippen LogP) is 5.15. The highest BCUT2D eigenvalue weighted by Gasteiger charge is 2.40. The number of nitro benzene ring substituents is 1. The standard InChI is InChI=1S/C23H22N2O4S/c1-14-6-9-16(25(28)29)12-20(14)24-19-4-3-5-21(26)23(19)18(13-22(24)27)15-7-10-17(30-2)11-8-15/h6-12,18H,3-5,13H2,1-2H3. The summed E-state index contributed by atoms with van der Waals surface area (Å²) < 4.78 is 0. The number of aryl methyl sites for hydroxylation is 1. The second-order valence-corrected chi connectivity index (χ2v) is 8.50. The number of benzene rings is 2. The molecule has 4 rings (SSSR count). The highest BCUT2D eigenvalue weighted by molar-refractivity contribution is 7.98. The molecule has 1 unspecified atom stereocenters. The Kier molecular flexibility index (Phi) is 5.47. The van der Waals surface area contributed by atoms with Crippen LogP contribution in [0.1, 0.15) is 42.7 Å². The molecule has 2 aromatic rings. The van der Waals surface area contributed by atoms with Crippen molar-refractivity contribution in [3.8, 4) is 0 Å². The summed E-state index contributed by atoms with van der Waals surface area (Å²) in [6.07, 6.45) is 3.92. The van der Waals surface area contributed by atoms with E-state index in [1.54, 1.807) is 22.7 Å². The number of allylic oxidation sites excluding steroid dienone is 2. The van der Waals surface area contributed by atoms with Crippen LogP contribution in [-0.4, -0.2) is 22.9 Å². The number of thioether (sulfide) groups is 1. The first-order valence-corrected chi connectivity index (χ1v) is 11.1. The van der Waals surface area contributed by atoms with Crippen LogP contribution in [0.5, 0.6) is 0 Å². The lowest BCUT2D eigenvalue weighted by atomic mass is 9.77. The van der Waals surface area contributed by atoms with Gasteiger partial charge in [0.2, 0.25) is 5.91 Å². The number of nitrogens with zero attached hydrogens (tertiary/aromatic N) is 2. The van der Waals surface area contributed by atoms with Gasteiger partial charge in [0.1, 0.15) is 0 Å². The maximum absolute atomic E-state index is 13.3. The molecule has 0 spiro atoms. The quantitative estimate of drug-likeness (QED) is 0.387. The number of hydrogen-bond donors (Lipinski definition) is 0. The summed E-state index contributed by atoms with van der Waals surface area (Å²) in [5.74, 6) is -0.340. The highest BCUT2D eigenvalue weighted by atomic mass is 32.2. The van der Waals surface area contributed by atoms with Gasteiger partial charge >= 0.3 is 0 Å². The molecule has 7 heteroatoms. The number of carbonyl (C=O) groups is 2. The molecule has 2 aromatic carbocycles. The van der Waals surface area contributed by atoms with E-state index in [9.17, 15) is 19.7 Å². The molecule has 6 nitrogen and oxygen atoms in total. The largest absolute Gasteiger partial charge is 0.294 e. The summed E-state index contributed by atoms with van der Waals surface area (Å²) in [5.41, 5.74) is 3.53. The van der Waals surface area contributed by atoms with Crippen molar-refractivity contribution in [2.24, 2.45) is 0 Å². The van der Waals surface area contributed by atoms with Crippen molar-refractivity contribution in [3.63, 3.8) is 0 Å². The maximum Gasteiger partial charge on any atom is 0.271 e. The van der Waals surface area contributed by atoms with E-state index < -0.39 is 4.92 Å². The Bertz CT molecular complexity index is 1080. The normalized spacial score (nSPS) is 19.1. The molecule has 0 radical (unpaired) electrons. The maximum atomic E-state index is 13.3. The molecule has 0 saturated heterocycles. The van der Waals surface area contributed by atoms with E-state index in [-0.39, 0.29) is 29.7 Å². The van der Waals surface area contributed by atoms with Crippen LogP contribution < -0.4 is 4.90 Å². The Labute approximate surface area is 179 Å². The van der Waals surface area contributed by atoms with E-state index in [1.165, 1.54) is 12.1 Å². The molecule has 1 heterocycles. The zero-order chi connectivity index (χ0) is 21.4. The molecule has 0 N–H and O–H groups in total. The van der Waals surface area contributed by atoms with Gasteiger partial charge in [-0.1, -0.05) is 18.2 Å². The predicted molar refractivity (Wildman–Crippen MR) is 117 cm³/mol. The summed E-state index contributed by atoms with van der Waals surface area (Å²) in [7, 11) is 0. The lowest BCUT2D eigenvalue weighted by Crippen LogP contribution is -2.40. The van der Waals surface area contributed by atoms with E-state index in [0.717, 1.165) is 16.0 Å². The summed E-state index contributed by atoms with van der Waals surface area (Å²) in [6.45, 7) is 1.82. The molecule has 1 aliphatic heterocycles. The van der Waals surface area contributed by atoms with E-state index in [1.807, 2.05) is 37.4 Å². The minimum Gasteiger partial charge on any atom is -0.294 e. The van der Waals surface area contributed by atoms with E-state index in [4.69, 9.17) is 0 Å². The van der Waals surface area contributed by atoms with Gasteiger partial charge in [-0.25, -0.2) is 0 Å². The topological polar surface area (TPSA) is 80.5 Å². The van der Waals surface area contributed by atoms with Crippen LogP contribution >= 0.6 is 11.8 Å². The Morgan fingerprint density at radius 2 is 1.83 bits per heavy atom. The molecular weight excluding hydrogens is 400 g/mol. The average Bonchev–Trinajstić information content (AvgIpc) is 2.74. The van der Waals surface area contributed by atoms with E-state index in [2.05, 4.69) is 0 Å². The summed E-state index contributed by atoms with van der Waals surface area (Å²) in [6, 6.07) is 12.5. The second kappa shape index (κ2) is 8.07. The first-order valence-electron chi connectivity index (χ1n) is 9.89. The smallest absolute Gasteiger partial charge is 0.271 e. The molecule has 1 amide bonds. The number of amides is 1. The number of hydrogen-bond acceptors (Lipinski definition) is 5. The van der Waals surface area contributed by atoms with Crippen molar-refractivity contribution < 1.29 is 14.5 Å². The molecule has 0 aromatic heterocycles. The Morgan fingerprint density at radius 1 is 1.10 bits per heavy atom. The van der Waals surface area contributed by atoms with Crippen molar-refractivity contribution >= 4 is 34.8 Å². The second-order valence-electron chi connectivity index (χ2n) is 7.62. The fourth-order valence-corrected chi connectivity index (χ4v) is 4.75. The lowest BCUT2D eigenvalue weighted by molar-refractivity contribution is -0.384. The third-order valence-corrected chi connectivity index (χ3v) is 6.58. The number of non-ortho nitro benzene ring substituents is 1. The van der Waals surface area contributed by atoms with E-state index >= 15 is 0 Å². The molecule has 154 valence electrons. The molecule has 0 bridgehead atoms. The fraction of sp³-hybridized carbons (Fsp3) is 0.304. The molecule has 30 heavy (non-hydrogen) atoms.